The lowest BCUT2D eigenvalue weighted by molar-refractivity contribution is -0.150. The van der Waals surface area contributed by atoms with Crippen LogP contribution in [0.5, 0.6) is 0 Å². The quantitative estimate of drug-likeness (QED) is 0.781. The van der Waals surface area contributed by atoms with Crippen LogP contribution < -0.4 is 0 Å². The molecule has 0 spiro atoms. The fraction of sp³-hybridized carbons (Fsp3) is 0.533. The fourth-order valence-corrected chi connectivity index (χ4v) is 3.53. The van der Waals surface area contributed by atoms with Crippen LogP contribution in [0.25, 0.3) is 0 Å². The van der Waals surface area contributed by atoms with Gasteiger partial charge in [-0.1, -0.05) is 30.3 Å². The number of fused-ring (bicyclic) bond motifs is 3. The summed E-state index contributed by atoms with van der Waals surface area (Å²) in [5.41, 5.74) is 0.851. The van der Waals surface area contributed by atoms with Gasteiger partial charge in [-0.2, -0.15) is 0 Å². The number of carbonyl (C=O) groups excluding carboxylic acids is 1. The van der Waals surface area contributed by atoms with Gasteiger partial charge in [0.25, 0.3) is 0 Å². The van der Waals surface area contributed by atoms with Crippen LogP contribution in [0.4, 0.5) is 0 Å². The van der Waals surface area contributed by atoms with Crippen molar-refractivity contribution in [2.45, 2.75) is 43.1 Å². The molecule has 2 heteroatoms. The van der Waals surface area contributed by atoms with Crippen LogP contribution in [-0.2, 0) is 14.9 Å². The first kappa shape index (κ1) is 11.0. The Morgan fingerprint density at radius 1 is 1.06 bits per heavy atom. The van der Waals surface area contributed by atoms with Crippen LogP contribution in [0, 0.1) is 0 Å². The summed E-state index contributed by atoms with van der Waals surface area (Å²) < 4.78 is 5.60. The Hall–Kier alpha value is -1.15. The number of benzene rings is 1. The van der Waals surface area contributed by atoms with E-state index >= 15 is 0 Å². The molecule has 0 aromatic heterocycles. The fourth-order valence-electron chi connectivity index (χ4n) is 3.53. The Bertz CT molecular complexity index is 427. The summed E-state index contributed by atoms with van der Waals surface area (Å²) in [5, 5.41) is 0. The van der Waals surface area contributed by atoms with Gasteiger partial charge in [0, 0.05) is 13.5 Å². The Kier molecular flexibility index (Phi) is 2.37. The molecule has 0 amide bonds. The van der Waals surface area contributed by atoms with E-state index in [1.54, 1.807) is 7.11 Å². The lowest BCUT2D eigenvalue weighted by Crippen LogP contribution is -2.55. The number of methoxy groups -OCH3 is 1. The third-order valence-electron chi connectivity index (χ3n) is 4.79. The molecule has 3 aliphatic rings. The van der Waals surface area contributed by atoms with E-state index in [0.717, 1.165) is 25.7 Å². The number of Topliss-reactive ketones (excluding diaryl/α,β-unsaturated/α-hetero) is 1. The molecule has 1 aromatic carbocycles. The van der Waals surface area contributed by atoms with Crippen molar-refractivity contribution in [3.05, 3.63) is 35.9 Å². The number of ketones is 1. The number of rotatable bonds is 2. The third kappa shape index (κ3) is 1.47. The molecule has 0 aliphatic heterocycles. The first-order valence-corrected chi connectivity index (χ1v) is 6.35. The van der Waals surface area contributed by atoms with Gasteiger partial charge >= 0.3 is 0 Å². The van der Waals surface area contributed by atoms with Gasteiger partial charge in [0.05, 0.1) is 11.0 Å². The van der Waals surface area contributed by atoms with Crippen molar-refractivity contribution in [2.24, 2.45) is 0 Å². The van der Waals surface area contributed by atoms with Crippen LogP contribution in [0.15, 0.2) is 30.3 Å². The molecular formula is C15H18O2. The van der Waals surface area contributed by atoms with E-state index in [1.807, 2.05) is 18.2 Å². The van der Waals surface area contributed by atoms with E-state index in [4.69, 9.17) is 4.74 Å². The van der Waals surface area contributed by atoms with Gasteiger partial charge in [-0.15, -0.1) is 0 Å². The molecule has 1 aromatic rings. The average Bonchev–Trinajstić information content (AvgIpc) is 2.41. The Morgan fingerprint density at radius 3 is 2.24 bits per heavy atom. The molecule has 0 heterocycles. The van der Waals surface area contributed by atoms with Crippen LogP contribution in [-0.4, -0.2) is 18.5 Å². The molecule has 3 aliphatic carbocycles. The first-order valence-electron chi connectivity index (χ1n) is 6.35. The van der Waals surface area contributed by atoms with E-state index in [9.17, 15) is 4.79 Å². The Morgan fingerprint density at radius 2 is 1.71 bits per heavy atom. The van der Waals surface area contributed by atoms with Crippen molar-refractivity contribution < 1.29 is 9.53 Å². The minimum atomic E-state index is -0.207. The second kappa shape index (κ2) is 3.67. The minimum absolute atomic E-state index is 0.145. The molecule has 0 radical (unpaired) electrons. The second-order valence-electron chi connectivity index (χ2n) is 5.44. The molecule has 0 saturated heterocycles. The molecule has 0 atom stereocenters. The first-order chi connectivity index (χ1) is 8.21. The van der Waals surface area contributed by atoms with Crippen molar-refractivity contribution in [1.82, 2.24) is 0 Å². The van der Waals surface area contributed by atoms with Crippen molar-refractivity contribution >= 4 is 5.78 Å². The lowest BCUT2D eigenvalue weighted by atomic mass is 9.55. The number of hydrogen-bond donors (Lipinski definition) is 0. The van der Waals surface area contributed by atoms with Crippen LogP contribution >= 0.6 is 0 Å². The summed E-state index contributed by atoms with van der Waals surface area (Å²) in [6.45, 7) is 0. The molecule has 17 heavy (non-hydrogen) atoms. The number of carbonyl (C=O) groups is 1. The van der Waals surface area contributed by atoms with E-state index in [0.29, 0.717) is 12.2 Å². The topological polar surface area (TPSA) is 26.3 Å². The van der Waals surface area contributed by atoms with Crippen molar-refractivity contribution in [3.8, 4) is 0 Å². The van der Waals surface area contributed by atoms with Crippen molar-refractivity contribution in [2.75, 3.05) is 7.11 Å². The van der Waals surface area contributed by atoms with Gasteiger partial charge in [-0.05, 0) is 31.2 Å². The molecule has 3 saturated carbocycles. The summed E-state index contributed by atoms with van der Waals surface area (Å²) in [5.74, 6) is 0.378. The highest BCUT2D eigenvalue weighted by atomic mass is 16.5. The monoisotopic (exact) mass is 230 g/mol. The Labute approximate surface area is 102 Å². The second-order valence-corrected chi connectivity index (χ2v) is 5.44. The van der Waals surface area contributed by atoms with E-state index in [2.05, 4.69) is 12.1 Å². The molecule has 0 unspecified atom stereocenters. The normalized spacial score (nSPS) is 36.2. The summed E-state index contributed by atoms with van der Waals surface area (Å²) in [6.07, 6.45) is 4.53. The molecule has 2 nitrogen and oxygen atoms in total. The summed E-state index contributed by atoms with van der Waals surface area (Å²) in [7, 11) is 1.74. The highest BCUT2D eigenvalue weighted by Gasteiger charge is 2.55. The zero-order valence-electron chi connectivity index (χ0n) is 10.2. The maximum atomic E-state index is 12.5. The largest absolute Gasteiger partial charge is 0.378 e. The van der Waals surface area contributed by atoms with Crippen molar-refractivity contribution in [1.29, 1.82) is 0 Å². The zero-order valence-corrected chi connectivity index (χ0v) is 10.2. The number of hydrogen-bond acceptors (Lipinski definition) is 2. The van der Waals surface area contributed by atoms with E-state index in [1.165, 1.54) is 5.56 Å². The number of ether oxygens (including phenoxy) is 1. The molecule has 4 rings (SSSR count). The highest BCUT2D eigenvalue weighted by molar-refractivity contribution is 5.92. The predicted octanol–water partition coefficient (Wildman–Crippen LogP) is 2.86. The summed E-state index contributed by atoms with van der Waals surface area (Å²) in [6, 6.07) is 10.3. The molecule has 0 N–H and O–H groups in total. The van der Waals surface area contributed by atoms with Gasteiger partial charge in [-0.3, -0.25) is 4.79 Å². The highest BCUT2D eigenvalue weighted by Crippen LogP contribution is 2.52. The van der Waals surface area contributed by atoms with E-state index in [-0.39, 0.29) is 11.0 Å². The van der Waals surface area contributed by atoms with Gasteiger partial charge in [0.1, 0.15) is 5.78 Å². The smallest absolute Gasteiger partial charge is 0.146 e. The van der Waals surface area contributed by atoms with Crippen molar-refractivity contribution in [3.63, 3.8) is 0 Å². The molecular weight excluding hydrogens is 212 g/mol. The molecule has 2 bridgehead atoms. The molecule has 3 fully saturated rings. The van der Waals surface area contributed by atoms with Crippen LogP contribution in [0.3, 0.4) is 0 Å². The predicted molar refractivity (Wildman–Crippen MR) is 66.0 cm³/mol. The SMILES string of the molecule is COC12CCC(c3ccccc3)(CC1)C(=O)C2. The summed E-state index contributed by atoms with van der Waals surface area (Å²) in [4.78, 5) is 12.5. The van der Waals surface area contributed by atoms with Crippen LogP contribution in [0.2, 0.25) is 0 Å². The standard InChI is InChI=1S/C15H18O2/c1-17-14-7-9-15(10-8-14,13(16)11-14)12-5-3-2-4-6-12/h2-6H,7-11H2,1H3. The third-order valence-corrected chi connectivity index (χ3v) is 4.79. The maximum absolute atomic E-state index is 12.5. The van der Waals surface area contributed by atoms with Gasteiger partial charge in [-0.25, -0.2) is 0 Å². The minimum Gasteiger partial charge on any atom is -0.378 e. The average molecular weight is 230 g/mol. The Balaban J connectivity index is 1.99. The van der Waals surface area contributed by atoms with Gasteiger partial charge in [0.15, 0.2) is 0 Å². The lowest BCUT2D eigenvalue weighted by Gasteiger charge is -2.51. The maximum Gasteiger partial charge on any atom is 0.146 e. The van der Waals surface area contributed by atoms with Gasteiger partial charge < -0.3 is 4.74 Å². The molecule has 90 valence electrons. The summed E-state index contributed by atoms with van der Waals surface area (Å²) >= 11 is 0. The van der Waals surface area contributed by atoms with Crippen LogP contribution in [0.1, 0.15) is 37.7 Å². The van der Waals surface area contributed by atoms with E-state index < -0.39 is 0 Å². The van der Waals surface area contributed by atoms with Gasteiger partial charge in [0.2, 0.25) is 0 Å². The zero-order chi connectivity index (χ0) is 11.9.